The Bertz CT molecular complexity index is 423. The van der Waals surface area contributed by atoms with E-state index in [4.69, 9.17) is 22.6 Å². The molecule has 16 heavy (non-hydrogen) atoms. The number of hydrogen-bond acceptors (Lipinski definition) is 3. The van der Waals surface area contributed by atoms with Gasteiger partial charge in [-0.25, -0.2) is 0 Å². The molecule has 0 radical (unpaired) electrons. The molecule has 0 aliphatic rings. The van der Waals surface area contributed by atoms with Gasteiger partial charge in [0.25, 0.3) is 0 Å². The predicted molar refractivity (Wildman–Crippen MR) is 68.7 cm³/mol. The van der Waals surface area contributed by atoms with Crippen molar-refractivity contribution in [1.82, 2.24) is 0 Å². The molecule has 1 atom stereocenters. The summed E-state index contributed by atoms with van der Waals surface area (Å²) in [6, 6.07) is 6.02. The molecule has 0 aliphatic carbocycles. The van der Waals surface area contributed by atoms with Gasteiger partial charge in [-0.3, -0.25) is 0 Å². The van der Waals surface area contributed by atoms with Gasteiger partial charge >= 0.3 is 0 Å². The first-order valence-corrected chi connectivity index (χ1v) is 5.50. The van der Waals surface area contributed by atoms with Crippen molar-refractivity contribution in [3.8, 4) is 6.07 Å². The molecular formula is C12H16ClN3. The topological polar surface area (TPSA) is 53.0 Å². The van der Waals surface area contributed by atoms with Crippen LogP contribution in [-0.4, -0.2) is 13.1 Å². The van der Waals surface area contributed by atoms with E-state index < -0.39 is 0 Å². The van der Waals surface area contributed by atoms with E-state index in [1.165, 1.54) is 0 Å². The highest BCUT2D eigenvalue weighted by Crippen LogP contribution is 2.29. The van der Waals surface area contributed by atoms with E-state index in [0.29, 0.717) is 17.1 Å². The van der Waals surface area contributed by atoms with Crippen LogP contribution in [0.15, 0.2) is 12.1 Å². The van der Waals surface area contributed by atoms with Crippen molar-refractivity contribution in [2.75, 3.05) is 17.7 Å². The zero-order valence-electron chi connectivity index (χ0n) is 9.79. The Labute approximate surface area is 101 Å². The first-order chi connectivity index (χ1) is 7.47. The molecule has 0 saturated heterocycles. The van der Waals surface area contributed by atoms with Gasteiger partial charge < -0.3 is 10.6 Å². The van der Waals surface area contributed by atoms with Gasteiger partial charge in [-0.05, 0) is 31.5 Å². The van der Waals surface area contributed by atoms with E-state index in [2.05, 4.69) is 6.07 Å². The number of aryl methyl sites for hydroxylation is 1. The average molecular weight is 238 g/mol. The Morgan fingerprint density at radius 2 is 2.19 bits per heavy atom. The number of nitrogens with zero attached hydrogens (tertiary/aromatic N) is 2. The van der Waals surface area contributed by atoms with Crippen molar-refractivity contribution in [1.29, 1.82) is 5.26 Å². The minimum atomic E-state index is 0.156. The first kappa shape index (κ1) is 12.7. The fourth-order valence-corrected chi connectivity index (χ4v) is 1.74. The fraction of sp³-hybridized carbons (Fsp3) is 0.417. The first-order valence-electron chi connectivity index (χ1n) is 5.12. The molecule has 0 spiro atoms. The van der Waals surface area contributed by atoms with Crippen LogP contribution in [0.25, 0.3) is 0 Å². The quantitative estimate of drug-likeness (QED) is 0.823. The summed E-state index contributed by atoms with van der Waals surface area (Å²) in [4.78, 5) is 2.05. The number of nitrogens with two attached hydrogens (primary N) is 1. The van der Waals surface area contributed by atoms with Crippen LogP contribution in [-0.2, 0) is 0 Å². The van der Waals surface area contributed by atoms with Gasteiger partial charge in [0.1, 0.15) is 0 Å². The minimum absolute atomic E-state index is 0.156. The zero-order valence-corrected chi connectivity index (χ0v) is 10.5. The Morgan fingerprint density at radius 1 is 1.56 bits per heavy atom. The molecule has 1 aromatic carbocycles. The maximum atomic E-state index is 8.68. The van der Waals surface area contributed by atoms with E-state index in [1.807, 2.05) is 37.9 Å². The standard InChI is InChI=1S/C12H16ClN3/c1-8-6-11(15)10(13)7-12(8)16(3)9(2)4-5-14/h6-7,9H,4,15H2,1-3H3. The van der Waals surface area contributed by atoms with Crippen LogP contribution >= 0.6 is 11.6 Å². The highest BCUT2D eigenvalue weighted by atomic mass is 35.5. The molecule has 0 heterocycles. The maximum Gasteiger partial charge on any atom is 0.0656 e. The minimum Gasteiger partial charge on any atom is -0.398 e. The molecule has 0 saturated carbocycles. The van der Waals surface area contributed by atoms with E-state index in [0.717, 1.165) is 11.3 Å². The highest BCUT2D eigenvalue weighted by Gasteiger charge is 2.13. The molecule has 0 amide bonds. The summed E-state index contributed by atoms with van der Waals surface area (Å²) in [6.45, 7) is 3.99. The Morgan fingerprint density at radius 3 is 2.75 bits per heavy atom. The molecular weight excluding hydrogens is 222 g/mol. The Hall–Kier alpha value is -1.40. The number of rotatable bonds is 3. The van der Waals surface area contributed by atoms with Gasteiger partial charge in [-0.15, -0.1) is 0 Å². The lowest BCUT2D eigenvalue weighted by Crippen LogP contribution is -2.29. The van der Waals surface area contributed by atoms with E-state index in [1.54, 1.807) is 0 Å². The molecule has 1 rings (SSSR count). The lowest BCUT2D eigenvalue weighted by Gasteiger charge is -2.27. The summed E-state index contributed by atoms with van der Waals surface area (Å²) in [5, 5.41) is 9.23. The molecule has 86 valence electrons. The molecule has 0 aromatic heterocycles. The second-order valence-corrected chi connectivity index (χ2v) is 4.39. The SMILES string of the molecule is Cc1cc(N)c(Cl)cc1N(C)C(C)CC#N. The summed E-state index contributed by atoms with van der Waals surface area (Å²) in [7, 11) is 1.96. The predicted octanol–water partition coefficient (Wildman–Crippen LogP) is 2.97. The summed E-state index contributed by atoms with van der Waals surface area (Å²) in [5.74, 6) is 0. The number of anilines is 2. The van der Waals surface area contributed by atoms with Gasteiger partial charge in [-0.1, -0.05) is 11.6 Å². The molecule has 0 fully saturated rings. The smallest absolute Gasteiger partial charge is 0.0656 e. The number of benzene rings is 1. The van der Waals surface area contributed by atoms with Crippen molar-refractivity contribution < 1.29 is 0 Å². The molecule has 1 unspecified atom stereocenters. The van der Waals surface area contributed by atoms with Crippen molar-refractivity contribution in [3.05, 3.63) is 22.7 Å². The van der Waals surface area contributed by atoms with Crippen molar-refractivity contribution in [2.45, 2.75) is 26.3 Å². The van der Waals surface area contributed by atoms with Gasteiger partial charge in [-0.2, -0.15) is 5.26 Å². The van der Waals surface area contributed by atoms with Gasteiger partial charge in [0, 0.05) is 18.8 Å². The molecule has 4 heteroatoms. The van der Waals surface area contributed by atoms with Crippen molar-refractivity contribution >= 4 is 23.0 Å². The second kappa shape index (κ2) is 5.09. The van der Waals surface area contributed by atoms with Crippen molar-refractivity contribution in [2.24, 2.45) is 0 Å². The summed E-state index contributed by atoms with van der Waals surface area (Å²) < 4.78 is 0. The number of hydrogen-bond donors (Lipinski definition) is 1. The van der Waals surface area contributed by atoms with E-state index in [-0.39, 0.29) is 6.04 Å². The van der Waals surface area contributed by atoms with Gasteiger partial charge in [0.05, 0.1) is 23.2 Å². The van der Waals surface area contributed by atoms with Crippen LogP contribution in [0.5, 0.6) is 0 Å². The number of nitriles is 1. The van der Waals surface area contributed by atoms with Crippen LogP contribution in [0, 0.1) is 18.3 Å². The molecule has 0 bridgehead atoms. The largest absolute Gasteiger partial charge is 0.398 e. The third-order valence-corrected chi connectivity index (χ3v) is 3.07. The van der Waals surface area contributed by atoms with Gasteiger partial charge in [0.15, 0.2) is 0 Å². The zero-order chi connectivity index (χ0) is 12.3. The summed E-state index contributed by atoms with van der Waals surface area (Å²) in [6.07, 6.45) is 0.484. The van der Waals surface area contributed by atoms with Crippen molar-refractivity contribution in [3.63, 3.8) is 0 Å². The van der Waals surface area contributed by atoms with Crippen LogP contribution in [0.1, 0.15) is 18.9 Å². The van der Waals surface area contributed by atoms with Gasteiger partial charge in [0.2, 0.25) is 0 Å². The maximum absolute atomic E-state index is 8.68. The average Bonchev–Trinajstić information content (AvgIpc) is 2.23. The normalized spacial score (nSPS) is 11.9. The highest BCUT2D eigenvalue weighted by molar-refractivity contribution is 6.33. The monoisotopic (exact) mass is 237 g/mol. The lowest BCUT2D eigenvalue weighted by atomic mass is 10.1. The number of halogens is 1. The lowest BCUT2D eigenvalue weighted by molar-refractivity contribution is 0.701. The third kappa shape index (κ3) is 2.59. The molecule has 0 aliphatic heterocycles. The molecule has 1 aromatic rings. The second-order valence-electron chi connectivity index (χ2n) is 3.98. The van der Waals surface area contributed by atoms with Crippen LogP contribution in [0.2, 0.25) is 5.02 Å². The third-order valence-electron chi connectivity index (χ3n) is 2.74. The van der Waals surface area contributed by atoms with Crippen LogP contribution in [0.4, 0.5) is 11.4 Å². The Kier molecular flexibility index (Phi) is 4.03. The summed E-state index contributed by atoms with van der Waals surface area (Å²) >= 11 is 5.99. The number of nitrogen functional groups attached to an aromatic ring is 1. The fourth-order valence-electron chi connectivity index (χ4n) is 1.58. The molecule has 2 N–H and O–H groups in total. The van der Waals surface area contributed by atoms with E-state index in [9.17, 15) is 0 Å². The Balaban J connectivity index is 3.04. The summed E-state index contributed by atoms with van der Waals surface area (Å²) in [5.41, 5.74) is 8.39. The van der Waals surface area contributed by atoms with E-state index >= 15 is 0 Å². The van der Waals surface area contributed by atoms with Crippen LogP contribution < -0.4 is 10.6 Å². The van der Waals surface area contributed by atoms with Crippen LogP contribution in [0.3, 0.4) is 0 Å². The molecule has 3 nitrogen and oxygen atoms in total.